The van der Waals surface area contributed by atoms with Crippen molar-refractivity contribution in [3.63, 3.8) is 0 Å². The standard InChI is InChI=1S/C14H20FNO2/c1-3-4-11(2)16-9-13(17)10-18-14-7-5-12(15)6-8-14/h3,5-8,11,13,16-17H,1,4,9-10H2,2H3. The Balaban J connectivity index is 2.22. The molecule has 3 nitrogen and oxygen atoms in total. The Morgan fingerprint density at radius 3 is 2.72 bits per heavy atom. The predicted octanol–water partition coefficient (Wildman–Crippen LogP) is 2.12. The summed E-state index contributed by atoms with van der Waals surface area (Å²) in [5.41, 5.74) is 0. The number of nitrogens with one attached hydrogen (secondary N) is 1. The third-order valence-corrected chi connectivity index (χ3v) is 2.48. The van der Waals surface area contributed by atoms with E-state index in [1.54, 1.807) is 0 Å². The molecule has 2 unspecified atom stereocenters. The number of benzene rings is 1. The Labute approximate surface area is 107 Å². The first-order chi connectivity index (χ1) is 8.61. The van der Waals surface area contributed by atoms with E-state index in [2.05, 4.69) is 11.9 Å². The van der Waals surface area contributed by atoms with Gasteiger partial charge in [-0.15, -0.1) is 6.58 Å². The minimum absolute atomic E-state index is 0.180. The molecule has 0 bridgehead atoms. The van der Waals surface area contributed by atoms with Crippen LogP contribution in [-0.4, -0.2) is 30.4 Å². The molecule has 0 heterocycles. The first-order valence-electron chi connectivity index (χ1n) is 6.02. The molecule has 0 fully saturated rings. The normalized spacial score (nSPS) is 13.9. The average Bonchev–Trinajstić information content (AvgIpc) is 2.36. The number of rotatable bonds is 8. The fourth-order valence-electron chi connectivity index (χ4n) is 1.45. The molecule has 0 saturated carbocycles. The molecule has 0 aromatic heterocycles. The topological polar surface area (TPSA) is 41.5 Å². The quantitative estimate of drug-likeness (QED) is 0.697. The van der Waals surface area contributed by atoms with Crippen molar-refractivity contribution in [1.29, 1.82) is 0 Å². The summed E-state index contributed by atoms with van der Waals surface area (Å²) in [7, 11) is 0. The predicted molar refractivity (Wildman–Crippen MR) is 70.2 cm³/mol. The van der Waals surface area contributed by atoms with Crippen LogP contribution >= 0.6 is 0 Å². The second-order valence-corrected chi connectivity index (χ2v) is 4.25. The average molecular weight is 253 g/mol. The summed E-state index contributed by atoms with van der Waals surface area (Å²) in [5.74, 6) is 0.248. The minimum Gasteiger partial charge on any atom is -0.491 e. The van der Waals surface area contributed by atoms with Gasteiger partial charge >= 0.3 is 0 Å². The van der Waals surface area contributed by atoms with E-state index in [9.17, 15) is 9.50 Å². The Morgan fingerprint density at radius 2 is 2.11 bits per heavy atom. The van der Waals surface area contributed by atoms with E-state index in [4.69, 9.17) is 4.74 Å². The van der Waals surface area contributed by atoms with Crippen molar-refractivity contribution in [2.45, 2.75) is 25.5 Å². The van der Waals surface area contributed by atoms with Gasteiger partial charge in [-0.25, -0.2) is 4.39 Å². The Bertz CT molecular complexity index is 353. The maximum absolute atomic E-state index is 12.6. The van der Waals surface area contributed by atoms with Crippen LogP contribution < -0.4 is 10.1 Å². The van der Waals surface area contributed by atoms with E-state index in [0.29, 0.717) is 12.3 Å². The lowest BCUT2D eigenvalue weighted by molar-refractivity contribution is 0.104. The molecule has 0 amide bonds. The van der Waals surface area contributed by atoms with Gasteiger partial charge in [0.05, 0.1) is 0 Å². The fraction of sp³-hybridized carbons (Fsp3) is 0.429. The lowest BCUT2D eigenvalue weighted by atomic mass is 10.2. The highest BCUT2D eigenvalue weighted by Gasteiger charge is 2.07. The third-order valence-electron chi connectivity index (χ3n) is 2.48. The summed E-state index contributed by atoms with van der Waals surface area (Å²) in [6.45, 7) is 6.31. The molecule has 0 radical (unpaired) electrons. The van der Waals surface area contributed by atoms with Crippen LogP contribution in [0.3, 0.4) is 0 Å². The molecular formula is C14H20FNO2. The highest BCUT2D eigenvalue weighted by molar-refractivity contribution is 5.22. The number of ether oxygens (including phenoxy) is 1. The lowest BCUT2D eigenvalue weighted by Gasteiger charge is -2.16. The van der Waals surface area contributed by atoms with E-state index >= 15 is 0 Å². The molecule has 0 aliphatic heterocycles. The summed E-state index contributed by atoms with van der Waals surface area (Å²) >= 11 is 0. The van der Waals surface area contributed by atoms with Gasteiger partial charge in [0.1, 0.15) is 24.3 Å². The second-order valence-electron chi connectivity index (χ2n) is 4.25. The van der Waals surface area contributed by atoms with E-state index in [1.165, 1.54) is 24.3 Å². The smallest absolute Gasteiger partial charge is 0.123 e. The number of hydrogen-bond donors (Lipinski definition) is 2. The van der Waals surface area contributed by atoms with Crippen molar-refractivity contribution in [3.8, 4) is 5.75 Å². The maximum Gasteiger partial charge on any atom is 0.123 e. The van der Waals surface area contributed by atoms with Crippen LogP contribution in [0.1, 0.15) is 13.3 Å². The van der Waals surface area contributed by atoms with Gasteiger partial charge in [-0.1, -0.05) is 6.08 Å². The summed E-state index contributed by atoms with van der Waals surface area (Å²) in [6.07, 6.45) is 2.09. The lowest BCUT2D eigenvalue weighted by Crippen LogP contribution is -2.36. The van der Waals surface area contributed by atoms with Gasteiger partial charge in [0.2, 0.25) is 0 Å². The highest BCUT2D eigenvalue weighted by atomic mass is 19.1. The first kappa shape index (κ1) is 14.7. The molecule has 100 valence electrons. The largest absolute Gasteiger partial charge is 0.491 e. The zero-order valence-electron chi connectivity index (χ0n) is 10.6. The molecule has 2 atom stereocenters. The van der Waals surface area contributed by atoms with Crippen molar-refractivity contribution < 1.29 is 14.2 Å². The molecule has 0 aliphatic carbocycles. The van der Waals surface area contributed by atoms with Crippen LogP contribution in [0.4, 0.5) is 4.39 Å². The summed E-state index contributed by atoms with van der Waals surface area (Å²) < 4.78 is 18.0. The number of aliphatic hydroxyl groups is 1. The van der Waals surface area contributed by atoms with Gasteiger partial charge in [-0.3, -0.25) is 0 Å². The first-order valence-corrected chi connectivity index (χ1v) is 6.02. The molecule has 1 aromatic rings. The zero-order valence-corrected chi connectivity index (χ0v) is 10.6. The third kappa shape index (κ3) is 5.80. The van der Waals surface area contributed by atoms with Crippen LogP contribution in [0.25, 0.3) is 0 Å². The Morgan fingerprint density at radius 1 is 1.44 bits per heavy atom. The van der Waals surface area contributed by atoms with Gasteiger partial charge in [0.15, 0.2) is 0 Å². The van der Waals surface area contributed by atoms with E-state index < -0.39 is 6.10 Å². The Hall–Kier alpha value is -1.39. The van der Waals surface area contributed by atoms with Gasteiger partial charge in [-0.05, 0) is 37.6 Å². The molecular weight excluding hydrogens is 233 g/mol. The van der Waals surface area contributed by atoms with Crippen molar-refractivity contribution in [2.75, 3.05) is 13.2 Å². The fourth-order valence-corrected chi connectivity index (χ4v) is 1.45. The molecule has 0 saturated heterocycles. The zero-order chi connectivity index (χ0) is 13.4. The van der Waals surface area contributed by atoms with E-state index in [1.807, 2.05) is 13.0 Å². The number of aliphatic hydroxyl groups excluding tert-OH is 1. The molecule has 2 N–H and O–H groups in total. The summed E-state index contributed by atoms with van der Waals surface area (Å²) in [6, 6.07) is 6.01. The van der Waals surface area contributed by atoms with Gasteiger partial charge in [-0.2, -0.15) is 0 Å². The van der Waals surface area contributed by atoms with Gasteiger partial charge in [0.25, 0.3) is 0 Å². The SMILES string of the molecule is C=CCC(C)NCC(O)COc1ccc(F)cc1. The van der Waals surface area contributed by atoms with E-state index in [0.717, 1.165) is 6.42 Å². The molecule has 0 aliphatic rings. The molecule has 18 heavy (non-hydrogen) atoms. The van der Waals surface area contributed by atoms with Gasteiger partial charge < -0.3 is 15.2 Å². The molecule has 1 aromatic carbocycles. The highest BCUT2D eigenvalue weighted by Crippen LogP contribution is 2.11. The van der Waals surface area contributed by atoms with Crippen molar-refractivity contribution in [1.82, 2.24) is 5.32 Å². The molecule has 0 spiro atoms. The van der Waals surface area contributed by atoms with Crippen LogP contribution in [0, 0.1) is 5.82 Å². The van der Waals surface area contributed by atoms with Crippen LogP contribution in [-0.2, 0) is 0 Å². The monoisotopic (exact) mass is 253 g/mol. The van der Waals surface area contributed by atoms with Gasteiger partial charge in [0, 0.05) is 12.6 Å². The molecule has 4 heteroatoms. The number of hydrogen-bond acceptors (Lipinski definition) is 3. The maximum atomic E-state index is 12.6. The van der Waals surface area contributed by atoms with Crippen LogP contribution in [0.2, 0.25) is 0 Å². The summed E-state index contributed by atoms with van der Waals surface area (Å²) in [5, 5.41) is 12.9. The summed E-state index contributed by atoms with van der Waals surface area (Å²) in [4.78, 5) is 0. The minimum atomic E-state index is -0.595. The van der Waals surface area contributed by atoms with Crippen molar-refractivity contribution in [3.05, 3.63) is 42.7 Å². The van der Waals surface area contributed by atoms with Crippen molar-refractivity contribution in [2.24, 2.45) is 0 Å². The Kier molecular flexibility index (Phi) is 6.39. The molecule has 1 rings (SSSR count). The van der Waals surface area contributed by atoms with Crippen molar-refractivity contribution >= 4 is 0 Å². The van der Waals surface area contributed by atoms with Crippen LogP contribution in [0.15, 0.2) is 36.9 Å². The number of halogens is 1. The van der Waals surface area contributed by atoms with E-state index in [-0.39, 0.29) is 18.5 Å². The van der Waals surface area contributed by atoms with Crippen LogP contribution in [0.5, 0.6) is 5.75 Å². The second kappa shape index (κ2) is 7.84.